The van der Waals surface area contributed by atoms with Crippen molar-refractivity contribution in [1.82, 2.24) is 10.2 Å². The number of thiophene rings is 1. The Morgan fingerprint density at radius 2 is 1.97 bits per heavy atom. The number of aryl methyl sites for hydroxylation is 1. The first-order valence-corrected chi connectivity index (χ1v) is 11.5. The number of carbonyl (C=O) groups excluding carboxylic acids is 2. The number of anilines is 1. The lowest BCUT2D eigenvalue weighted by molar-refractivity contribution is -0.130. The van der Waals surface area contributed by atoms with Gasteiger partial charge < -0.3 is 20.3 Å². The van der Waals surface area contributed by atoms with Crippen LogP contribution in [-0.2, 0) is 22.5 Å². The number of urea groups is 1. The van der Waals surface area contributed by atoms with Gasteiger partial charge in [0.25, 0.3) is 0 Å². The minimum Gasteiger partial charge on any atom is -0.381 e. The summed E-state index contributed by atoms with van der Waals surface area (Å²) in [6.45, 7) is 4.96. The van der Waals surface area contributed by atoms with Gasteiger partial charge >= 0.3 is 6.03 Å². The molecule has 3 amide bonds. The average molecular weight is 428 g/mol. The van der Waals surface area contributed by atoms with Crippen molar-refractivity contribution in [2.45, 2.75) is 32.7 Å². The molecule has 0 saturated carbocycles. The molecule has 1 spiro atoms. The van der Waals surface area contributed by atoms with E-state index in [0.717, 1.165) is 29.8 Å². The molecule has 4 rings (SSSR count). The van der Waals surface area contributed by atoms with E-state index >= 15 is 0 Å². The summed E-state index contributed by atoms with van der Waals surface area (Å²) in [5, 5.41) is 8.10. The number of amides is 3. The fourth-order valence-corrected chi connectivity index (χ4v) is 5.15. The van der Waals surface area contributed by atoms with E-state index in [1.165, 1.54) is 5.56 Å². The minimum absolute atomic E-state index is 0.0351. The second kappa shape index (κ2) is 9.18. The van der Waals surface area contributed by atoms with Gasteiger partial charge in [-0.15, -0.1) is 11.3 Å². The van der Waals surface area contributed by atoms with Crippen molar-refractivity contribution >= 4 is 29.0 Å². The van der Waals surface area contributed by atoms with Crippen LogP contribution in [0.15, 0.2) is 41.8 Å². The normalized spacial score (nSPS) is 20.3. The Bertz CT molecular complexity index is 860. The van der Waals surface area contributed by atoms with Crippen LogP contribution in [0.5, 0.6) is 0 Å². The van der Waals surface area contributed by atoms with Crippen LogP contribution < -0.4 is 10.6 Å². The smallest absolute Gasteiger partial charge is 0.321 e. The van der Waals surface area contributed by atoms with Crippen LogP contribution in [-0.4, -0.2) is 43.1 Å². The Kier molecular flexibility index (Phi) is 6.39. The number of hydrogen-bond acceptors (Lipinski definition) is 4. The van der Waals surface area contributed by atoms with Gasteiger partial charge in [0.05, 0.1) is 12.5 Å². The summed E-state index contributed by atoms with van der Waals surface area (Å²) in [4.78, 5) is 29.0. The van der Waals surface area contributed by atoms with E-state index in [1.54, 1.807) is 16.2 Å². The predicted molar refractivity (Wildman–Crippen MR) is 119 cm³/mol. The molecular formula is C23H29N3O3S. The van der Waals surface area contributed by atoms with Crippen molar-refractivity contribution in [3.05, 3.63) is 52.2 Å². The molecule has 1 atom stereocenters. The number of hydrogen-bond donors (Lipinski definition) is 2. The van der Waals surface area contributed by atoms with Gasteiger partial charge in [-0.1, -0.05) is 25.1 Å². The van der Waals surface area contributed by atoms with Gasteiger partial charge in [-0.3, -0.25) is 4.79 Å². The largest absolute Gasteiger partial charge is 0.381 e. The molecule has 6 nitrogen and oxygen atoms in total. The quantitative estimate of drug-likeness (QED) is 0.761. The summed E-state index contributed by atoms with van der Waals surface area (Å²) in [5.41, 5.74) is 1.81. The Balaban J connectivity index is 1.44. The molecule has 2 aliphatic rings. The molecule has 2 saturated heterocycles. The monoisotopic (exact) mass is 427 g/mol. The van der Waals surface area contributed by atoms with Gasteiger partial charge in [0.15, 0.2) is 0 Å². The molecule has 0 aliphatic carbocycles. The zero-order chi connectivity index (χ0) is 21.0. The van der Waals surface area contributed by atoms with Gasteiger partial charge in [-0.05, 0) is 48.4 Å². The summed E-state index contributed by atoms with van der Waals surface area (Å²) in [5.74, 6) is -0.178. The highest BCUT2D eigenvalue weighted by Gasteiger charge is 2.51. The molecule has 160 valence electrons. The number of likely N-dealkylation sites (tertiary alicyclic amines) is 1. The SMILES string of the molecule is CCc1ccc(NC(=O)N2CC(C(=O)NCc3cccs3)C3(CCOCC3)C2)cc1. The molecule has 2 aliphatic heterocycles. The second-order valence-corrected chi connectivity index (χ2v) is 9.22. The molecule has 7 heteroatoms. The zero-order valence-electron chi connectivity index (χ0n) is 17.4. The lowest BCUT2D eigenvalue weighted by Crippen LogP contribution is -2.44. The van der Waals surface area contributed by atoms with E-state index in [1.807, 2.05) is 41.8 Å². The van der Waals surface area contributed by atoms with E-state index in [2.05, 4.69) is 17.6 Å². The van der Waals surface area contributed by atoms with Gasteiger partial charge in [0.2, 0.25) is 5.91 Å². The number of carbonyl (C=O) groups is 2. The third-order valence-electron chi connectivity index (χ3n) is 6.37. The zero-order valence-corrected chi connectivity index (χ0v) is 18.2. The fraction of sp³-hybridized carbons (Fsp3) is 0.478. The minimum atomic E-state index is -0.213. The first kappa shape index (κ1) is 20.9. The van der Waals surface area contributed by atoms with E-state index in [0.29, 0.717) is 32.8 Å². The van der Waals surface area contributed by atoms with Crippen LogP contribution in [0.2, 0.25) is 0 Å². The predicted octanol–water partition coefficient (Wildman–Crippen LogP) is 3.89. The number of rotatable bonds is 5. The molecular weight excluding hydrogens is 398 g/mol. The fourth-order valence-electron chi connectivity index (χ4n) is 4.51. The van der Waals surface area contributed by atoms with Crippen LogP contribution >= 0.6 is 11.3 Å². The van der Waals surface area contributed by atoms with Crippen LogP contribution in [0.3, 0.4) is 0 Å². The molecule has 30 heavy (non-hydrogen) atoms. The molecule has 1 unspecified atom stereocenters. The van der Waals surface area contributed by atoms with Gasteiger partial charge in [0.1, 0.15) is 0 Å². The topological polar surface area (TPSA) is 70.7 Å². The second-order valence-electron chi connectivity index (χ2n) is 8.19. The standard InChI is InChI=1S/C23H29N3O3S/c1-2-17-5-7-18(8-6-17)25-22(28)26-15-20(23(16-26)9-11-29-12-10-23)21(27)24-14-19-4-3-13-30-19/h3-8,13,20H,2,9-12,14-16H2,1H3,(H,24,27)(H,25,28). The lowest BCUT2D eigenvalue weighted by Gasteiger charge is -2.37. The van der Waals surface area contributed by atoms with Crippen molar-refractivity contribution in [3.8, 4) is 0 Å². The van der Waals surface area contributed by atoms with E-state index in [4.69, 9.17) is 4.74 Å². The lowest BCUT2D eigenvalue weighted by atomic mass is 9.72. The maximum atomic E-state index is 13.1. The Morgan fingerprint density at radius 1 is 1.20 bits per heavy atom. The first-order valence-electron chi connectivity index (χ1n) is 10.6. The maximum absolute atomic E-state index is 13.1. The third kappa shape index (κ3) is 4.52. The molecule has 2 N–H and O–H groups in total. The van der Waals surface area contributed by atoms with Crippen molar-refractivity contribution in [3.63, 3.8) is 0 Å². The van der Waals surface area contributed by atoms with Gasteiger partial charge in [-0.2, -0.15) is 0 Å². The molecule has 1 aromatic heterocycles. The summed E-state index contributed by atoms with van der Waals surface area (Å²) < 4.78 is 5.57. The highest BCUT2D eigenvalue weighted by molar-refractivity contribution is 7.09. The van der Waals surface area contributed by atoms with Crippen molar-refractivity contribution in [2.75, 3.05) is 31.6 Å². The van der Waals surface area contributed by atoms with Gasteiger partial charge in [0, 0.05) is 42.3 Å². The molecule has 3 heterocycles. The van der Waals surface area contributed by atoms with Crippen LogP contribution in [0.25, 0.3) is 0 Å². The highest BCUT2D eigenvalue weighted by Crippen LogP contribution is 2.44. The van der Waals surface area contributed by atoms with Gasteiger partial charge in [-0.25, -0.2) is 4.79 Å². The third-order valence-corrected chi connectivity index (χ3v) is 7.25. The molecule has 0 bridgehead atoms. The van der Waals surface area contributed by atoms with E-state index in [9.17, 15) is 9.59 Å². The average Bonchev–Trinajstić information content (AvgIpc) is 3.42. The van der Waals surface area contributed by atoms with Crippen molar-refractivity contribution in [1.29, 1.82) is 0 Å². The van der Waals surface area contributed by atoms with E-state index < -0.39 is 0 Å². The molecule has 0 radical (unpaired) electrons. The van der Waals surface area contributed by atoms with Crippen LogP contribution in [0.4, 0.5) is 10.5 Å². The maximum Gasteiger partial charge on any atom is 0.321 e. The van der Waals surface area contributed by atoms with Crippen molar-refractivity contribution in [2.24, 2.45) is 11.3 Å². The van der Waals surface area contributed by atoms with Crippen LogP contribution in [0, 0.1) is 11.3 Å². The summed E-state index contributed by atoms with van der Waals surface area (Å²) in [6, 6.07) is 11.8. The van der Waals surface area contributed by atoms with Crippen LogP contribution in [0.1, 0.15) is 30.2 Å². The Morgan fingerprint density at radius 3 is 2.63 bits per heavy atom. The Labute approximate surface area is 181 Å². The summed E-state index contributed by atoms with van der Waals surface area (Å²) in [7, 11) is 0. The Hall–Kier alpha value is -2.38. The summed E-state index contributed by atoms with van der Waals surface area (Å²) in [6.07, 6.45) is 2.57. The number of nitrogens with zero attached hydrogens (tertiary/aromatic N) is 1. The number of nitrogens with one attached hydrogen (secondary N) is 2. The first-order chi connectivity index (χ1) is 14.6. The number of ether oxygens (including phenoxy) is 1. The molecule has 1 aromatic carbocycles. The summed E-state index contributed by atoms with van der Waals surface area (Å²) >= 11 is 1.63. The molecule has 2 fully saturated rings. The van der Waals surface area contributed by atoms with Crippen molar-refractivity contribution < 1.29 is 14.3 Å². The number of benzene rings is 1. The highest BCUT2D eigenvalue weighted by atomic mass is 32.1. The van der Waals surface area contributed by atoms with E-state index in [-0.39, 0.29) is 23.3 Å². The molecule has 2 aromatic rings.